The molecule has 2 N–H and O–H groups in total. The normalized spacial score (nSPS) is 21.6. The van der Waals surface area contributed by atoms with Gasteiger partial charge in [0.15, 0.2) is 0 Å². The predicted octanol–water partition coefficient (Wildman–Crippen LogP) is 1.74. The molecular weight excluding hydrogens is 226 g/mol. The van der Waals surface area contributed by atoms with E-state index < -0.39 is 0 Å². The maximum Gasteiger partial charge on any atom is 0.317 e. The Labute approximate surface area is 110 Å². The third-order valence-electron chi connectivity index (χ3n) is 3.95. The van der Waals surface area contributed by atoms with Crippen LogP contribution >= 0.6 is 0 Å². The van der Waals surface area contributed by atoms with E-state index in [1.54, 1.807) is 0 Å². The van der Waals surface area contributed by atoms with Gasteiger partial charge in [-0.3, -0.25) is 0 Å². The topological polar surface area (TPSA) is 44.4 Å². The molecule has 4 heteroatoms. The first-order valence-corrected chi connectivity index (χ1v) is 7.17. The van der Waals surface area contributed by atoms with Gasteiger partial charge < -0.3 is 15.5 Å². The number of nitrogens with one attached hydrogen (secondary N) is 2. The standard InChI is InChI=1S/C14H25N3O/c1-12-5-10-17(11-6-12)14(18)16-9-4-13-2-7-15-8-3-13/h2,12,15H,3-11H2,1H3,(H,16,18). The summed E-state index contributed by atoms with van der Waals surface area (Å²) in [5.41, 5.74) is 1.47. The first-order chi connectivity index (χ1) is 8.75. The number of carbonyl (C=O) groups is 1. The summed E-state index contributed by atoms with van der Waals surface area (Å²) in [5, 5.41) is 6.34. The Balaban J connectivity index is 1.64. The van der Waals surface area contributed by atoms with Crippen molar-refractivity contribution in [1.82, 2.24) is 15.5 Å². The minimum atomic E-state index is 0.122. The Kier molecular flexibility index (Phi) is 5.05. The number of hydrogen-bond donors (Lipinski definition) is 2. The summed E-state index contributed by atoms with van der Waals surface area (Å²) < 4.78 is 0. The summed E-state index contributed by atoms with van der Waals surface area (Å²) in [5.74, 6) is 0.772. The lowest BCUT2D eigenvalue weighted by Crippen LogP contribution is -2.44. The first-order valence-electron chi connectivity index (χ1n) is 7.17. The van der Waals surface area contributed by atoms with Gasteiger partial charge in [0.2, 0.25) is 0 Å². The average Bonchev–Trinajstić information content (AvgIpc) is 2.40. The van der Waals surface area contributed by atoms with Crippen LogP contribution in [0, 0.1) is 5.92 Å². The van der Waals surface area contributed by atoms with Crippen molar-refractivity contribution in [2.45, 2.75) is 32.6 Å². The Morgan fingerprint density at radius 3 is 2.94 bits per heavy atom. The van der Waals surface area contributed by atoms with E-state index in [-0.39, 0.29) is 6.03 Å². The number of hydrogen-bond acceptors (Lipinski definition) is 2. The Bertz CT molecular complexity index is 306. The molecule has 2 aliphatic rings. The van der Waals surface area contributed by atoms with Crippen LogP contribution in [0.4, 0.5) is 4.79 Å². The molecule has 0 aromatic carbocycles. The van der Waals surface area contributed by atoms with Crippen LogP contribution in [0.1, 0.15) is 32.6 Å². The Hall–Kier alpha value is -1.03. The quantitative estimate of drug-likeness (QED) is 0.750. The molecule has 1 saturated heterocycles. The van der Waals surface area contributed by atoms with Crippen LogP contribution < -0.4 is 10.6 Å². The van der Waals surface area contributed by atoms with E-state index >= 15 is 0 Å². The largest absolute Gasteiger partial charge is 0.338 e. The minimum Gasteiger partial charge on any atom is -0.338 e. The number of piperidine rings is 1. The molecule has 18 heavy (non-hydrogen) atoms. The highest BCUT2D eigenvalue weighted by atomic mass is 16.2. The summed E-state index contributed by atoms with van der Waals surface area (Å²) in [6.07, 6.45) is 6.65. The SMILES string of the molecule is CC1CCN(C(=O)NCCC2=CCNCC2)CC1. The highest BCUT2D eigenvalue weighted by molar-refractivity contribution is 5.74. The van der Waals surface area contributed by atoms with Gasteiger partial charge in [0, 0.05) is 26.2 Å². The van der Waals surface area contributed by atoms with Crippen molar-refractivity contribution >= 4 is 6.03 Å². The molecule has 0 unspecified atom stereocenters. The van der Waals surface area contributed by atoms with Crippen molar-refractivity contribution in [3.8, 4) is 0 Å². The van der Waals surface area contributed by atoms with Crippen LogP contribution in [0.15, 0.2) is 11.6 Å². The smallest absolute Gasteiger partial charge is 0.317 e. The van der Waals surface area contributed by atoms with Crippen LogP contribution in [-0.2, 0) is 0 Å². The van der Waals surface area contributed by atoms with Crippen molar-refractivity contribution in [1.29, 1.82) is 0 Å². The van der Waals surface area contributed by atoms with E-state index in [1.807, 2.05) is 4.90 Å². The van der Waals surface area contributed by atoms with Gasteiger partial charge in [-0.05, 0) is 38.1 Å². The van der Waals surface area contributed by atoms with E-state index in [4.69, 9.17) is 0 Å². The predicted molar refractivity (Wildman–Crippen MR) is 73.6 cm³/mol. The highest BCUT2D eigenvalue weighted by Gasteiger charge is 2.19. The third kappa shape index (κ3) is 4.02. The molecule has 102 valence electrons. The summed E-state index contributed by atoms with van der Waals surface area (Å²) in [6.45, 7) is 6.92. The number of amides is 2. The molecule has 2 heterocycles. The molecule has 0 spiro atoms. The maximum atomic E-state index is 11.9. The molecule has 0 saturated carbocycles. The Morgan fingerprint density at radius 2 is 2.28 bits per heavy atom. The van der Waals surface area contributed by atoms with Crippen molar-refractivity contribution < 1.29 is 4.79 Å². The van der Waals surface area contributed by atoms with Crippen molar-refractivity contribution in [2.75, 3.05) is 32.7 Å². The maximum absolute atomic E-state index is 11.9. The van der Waals surface area contributed by atoms with Gasteiger partial charge in [-0.1, -0.05) is 18.6 Å². The number of urea groups is 1. The molecule has 2 aliphatic heterocycles. The van der Waals surface area contributed by atoms with Gasteiger partial charge in [0.1, 0.15) is 0 Å². The van der Waals surface area contributed by atoms with Crippen molar-refractivity contribution in [3.05, 3.63) is 11.6 Å². The lowest BCUT2D eigenvalue weighted by Gasteiger charge is -2.30. The zero-order chi connectivity index (χ0) is 12.8. The highest BCUT2D eigenvalue weighted by Crippen LogP contribution is 2.15. The number of rotatable bonds is 3. The molecule has 1 fully saturated rings. The molecule has 0 radical (unpaired) electrons. The van der Waals surface area contributed by atoms with E-state index in [2.05, 4.69) is 23.6 Å². The molecule has 0 aliphatic carbocycles. The molecule has 2 rings (SSSR count). The zero-order valence-corrected chi connectivity index (χ0v) is 11.4. The van der Waals surface area contributed by atoms with Crippen molar-refractivity contribution in [3.63, 3.8) is 0 Å². The van der Waals surface area contributed by atoms with Crippen LogP contribution in [0.5, 0.6) is 0 Å². The van der Waals surface area contributed by atoms with Crippen LogP contribution in [0.25, 0.3) is 0 Å². The molecule has 4 nitrogen and oxygen atoms in total. The van der Waals surface area contributed by atoms with Crippen molar-refractivity contribution in [2.24, 2.45) is 5.92 Å². The molecule has 2 amide bonds. The average molecular weight is 251 g/mol. The molecular formula is C14H25N3O. The van der Waals surface area contributed by atoms with Crippen LogP contribution in [-0.4, -0.2) is 43.7 Å². The van der Waals surface area contributed by atoms with E-state index in [1.165, 1.54) is 5.57 Å². The second kappa shape index (κ2) is 6.78. The number of carbonyl (C=O) groups excluding carboxylic acids is 1. The van der Waals surface area contributed by atoms with Gasteiger partial charge in [-0.25, -0.2) is 4.79 Å². The van der Waals surface area contributed by atoms with Gasteiger partial charge in [-0.15, -0.1) is 0 Å². The van der Waals surface area contributed by atoms with Gasteiger partial charge in [-0.2, -0.15) is 0 Å². The molecule has 0 bridgehead atoms. The fourth-order valence-electron chi connectivity index (χ4n) is 2.55. The fourth-order valence-corrected chi connectivity index (χ4v) is 2.55. The van der Waals surface area contributed by atoms with Gasteiger partial charge in [0.05, 0.1) is 0 Å². The Morgan fingerprint density at radius 1 is 1.50 bits per heavy atom. The van der Waals surface area contributed by atoms with E-state index in [9.17, 15) is 4.79 Å². The van der Waals surface area contributed by atoms with Crippen LogP contribution in [0.3, 0.4) is 0 Å². The molecule has 0 aromatic heterocycles. The summed E-state index contributed by atoms with van der Waals surface area (Å²) in [6, 6.07) is 0.122. The second-order valence-corrected chi connectivity index (χ2v) is 5.47. The lowest BCUT2D eigenvalue weighted by molar-refractivity contribution is 0.174. The monoisotopic (exact) mass is 251 g/mol. The van der Waals surface area contributed by atoms with E-state index in [0.29, 0.717) is 0 Å². The fraction of sp³-hybridized carbons (Fsp3) is 0.786. The van der Waals surface area contributed by atoms with Crippen LogP contribution in [0.2, 0.25) is 0 Å². The lowest BCUT2D eigenvalue weighted by atomic mass is 10.00. The van der Waals surface area contributed by atoms with E-state index in [0.717, 1.165) is 64.3 Å². The molecule has 0 aromatic rings. The summed E-state index contributed by atoms with van der Waals surface area (Å²) in [7, 11) is 0. The molecule has 0 atom stereocenters. The van der Waals surface area contributed by atoms with Gasteiger partial charge in [0.25, 0.3) is 0 Å². The third-order valence-corrected chi connectivity index (χ3v) is 3.95. The number of likely N-dealkylation sites (tertiary alicyclic amines) is 1. The minimum absolute atomic E-state index is 0.122. The zero-order valence-electron chi connectivity index (χ0n) is 11.4. The summed E-state index contributed by atoms with van der Waals surface area (Å²) in [4.78, 5) is 13.9. The summed E-state index contributed by atoms with van der Waals surface area (Å²) >= 11 is 0. The first kappa shape index (κ1) is 13.4. The second-order valence-electron chi connectivity index (χ2n) is 5.47. The number of nitrogens with zero attached hydrogens (tertiary/aromatic N) is 1. The van der Waals surface area contributed by atoms with Gasteiger partial charge >= 0.3 is 6.03 Å².